The molecule has 0 N–H and O–H groups in total. The molecular weight excluding hydrogens is 901 g/mol. The van der Waals surface area contributed by atoms with E-state index in [-0.39, 0.29) is 31.1 Å². The van der Waals surface area contributed by atoms with Crippen molar-refractivity contribution in [3.63, 3.8) is 0 Å². The lowest BCUT2D eigenvalue weighted by Gasteiger charge is -2.18. The van der Waals surface area contributed by atoms with Crippen molar-refractivity contribution in [3.05, 3.63) is 0 Å². The first-order valence-electron chi connectivity index (χ1n) is 33.1. The number of carbonyl (C=O) groups excluding carboxylic acids is 3. The Kier molecular flexibility index (Phi) is 56.8. The molecule has 0 aromatic carbocycles. The van der Waals surface area contributed by atoms with Crippen LogP contribution in [0, 0.1) is 17.8 Å². The Morgan fingerprint density at radius 1 is 0.233 bits per heavy atom. The molecule has 1 atom stereocenters. The van der Waals surface area contributed by atoms with E-state index in [0.717, 1.165) is 75.5 Å². The van der Waals surface area contributed by atoms with Crippen LogP contribution in [-0.4, -0.2) is 37.2 Å². The van der Waals surface area contributed by atoms with Crippen molar-refractivity contribution in [1.29, 1.82) is 0 Å². The van der Waals surface area contributed by atoms with Crippen molar-refractivity contribution >= 4 is 17.9 Å². The smallest absolute Gasteiger partial charge is 0.306 e. The average Bonchev–Trinajstić information content (AvgIpc) is 3.35. The van der Waals surface area contributed by atoms with Crippen molar-refractivity contribution in [2.45, 2.75) is 382 Å². The second-order valence-electron chi connectivity index (χ2n) is 24.5. The number of ether oxygens (including phenoxy) is 3. The number of esters is 3. The molecule has 0 unspecified atom stereocenters. The van der Waals surface area contributed by atoms with Crippen LogP contribution in [0.2, 0.25) is 0 Å². The molecule has 0 aliphatic heterocycles. The SMILES string of the molecule is CC(C)CCCCCCCCCCCCCCCCCCCCC(=O)OC[C@H](COC(=O)CCCCCCCCCCCCCCCCCCC(C)C)OC(=O)CCCCCCCCCCCCCCC(C)C. The minimum Gasteiger partial charge on any atom is -0.462 e. The van der Waals surface area contributed by atoms with Gasteiger partial charge in [0.25, 0.3) is 0 Å². The quantitative estimate of drug-likeness (QED) is 0.0343. The molecule has 0 aromatic rings. The number of unbranched alkanes of at least 4 members (excludes halogenated alkanes) is 43. The fourth-order valence-electron chi connectivity index (χ4n) is 10.4. The van der Waals surface area contributed by atoms with E-state index in [1.54, 1.807) is 0 Å². The highest BCUT2D eigenvalue weighted by Crippen LogP contribution is 2.19. The maximum atomic E-state index is 12.9. The Bertz CT molecular complexity index is 1130. The third-order valence-corrected chi connectivity index (χ3v) is 15.4. The minimum absolute atomic E-state index is 0.0623. The van der Waals surface area contributed by atoms with Crippen LogP contribution >= 0.6 is 0 Å². The maximum Gasteiger partial charge on any atom is 0.306 e. The summed E-state index contributed by atoms with van der Waals surface area (Å²) in [4.78, 5) is 38.4. The summed E-state index contributed by atoms with van der Waals surface area (Å²) in [7, 11) is 0. The monoisotopic (exact) mass is 1030 g/mol. The third-order valence-electron chi connectivity index (χ3n) is 15.4. The van der Waals surface area contributed by atoms with Gasteiger partial charge in [0.05, 0.1) is 0 Å². The van der Waals surface area contributed by atoms with Crippen LogP contribution in [0.5, 0.6) is 0 Å². The van der Waals surface area contributed by atoms with E-state index in [2.05, 4.69) is 41.5 Å². The molecule has 0 rings (SSSR count). The van der Waals surface area contributed by atoms with Crippen LogP contribution in [0.25, 0.3) is 0 Å². The van der Waals surface area contributed by atoms with Crippen LogP contribution in [0.15, 0.2) is 0 Å². The van der Waals surface area contributed by atoms with Gasteiger partial charge in [-0.3, -0.25) is 14.4 Å². The molecule has 0 spiro atoms. The number of rotatable bonds is 60. The van der Waals surface area contributed by atoms with E-state index >= 15 is 0 Å². The van der Waals surface area contributed by atoms with E-state index in [9.17, 15) is 14.4 Å². The Hall–Kier alpha value is -1.59. The van der Waals surface area contributed by atoms with E-state index in [1.807, 2.05) is 0 Å². The van der Waals surface area contributed by atoms with Crippen molar-refractivity contribution in [2.24, 2.45) is 17.8 Å². The zero-order valence-electron chi connectivity index (χ0n) is 50.4. The second-order valence-corrected chi connectivity index (χ2v) is 24.5. The lowest BCUT2D eigenvalue weighted by atomic mass is 10.0. The first kappa shape index (κ1) is 71.4. The lowest BCUT2D eigenvalue weighted by Crippen LogP contribution is -2.30. The molecular formula is C67H130O6. The van der Waals surface area contributed by atoms with E-state index < -0.39 is 6.10 Å². The molecule has 0 bridgehead atoms. The van der Waals surface area contributed by atoms with Gasteiger partial charge in [0.15, 0.2) is 6.10 Å². The first-order valence-corrected chi connectivity index (χ1v) is 33.1. The average molecular weight is 1030 g/mol. The highest BCUT2D eigenvalue weighted by molar-refractivity contribution is 5.71. The zero-order chi connectivity index (χ0) is 53.3. The van der Waals surface area contributed by atoms with Gasteiger partial charge in [0.1, 0.15) is 13.2 Å². The van der Waals surface area contributed by atoms with E-state index in [0.29, 0.717) is 19.3 Å². The molecule has 6 heteroatoms. The molecule has 0 saturated heterocycles. The van der Waals surface area contributed by atoms with Crippen LogP contribution in [0.4, 0.5) is 0 Å². The summed E-state index contributed by atoms with van der Waals surface area (Å²) in [6.45, 7) is 13.8. The van der Waals surface area contributed by atoms with Gasteiger partial charge in [0.2, 0.25) is 0 Å². The zero-order valence-corrected chi connectivity index (χ0v) is 50.4. The highest BCUT2D eigenvalue weighted by atomic mass is 16.6. The molecule has 0 saturated carbocycles. The van der Waals surface area contributed by atoms with Gasteiger partial charge in [-0.15, -0.1) is 0 Å². The number of hydrogen-bond donors (Lipinski definition) is 0. The van der Waals surface area contributed by atoms with Crippen LogP contribution in [0.1, 0.15) is 375 Å². The number of hydrogen-bond acceptors (Lipinski definition) is 6. The molecule has 0 fully saturated rings. The molecule has 0 aliphatic carbocycles. The van der Waals surface area contributed by atoms with Gasteiger partial charge in [-0.1, -0.05) is 337 Å². The van der Waals surface area contributed by atoms with Gasteiger partial charge in [0, 0.05) is 19.3 Å². The minimum atomic E-state index is -0.765. The van der Waals surface area contributed by atoms with Crippen molar-refractivity contribution < 1.29 is 28.6 Å². The molecule has 0 amide bonds. The summed E-state index contributed by atoms with van der Waals surface area (Å²) in [6, 6.07) is 0. The molecule has 0 aromatic heterocycles. The largest absolute Gasteiger partial charge is 0.462 e. The summed E-state index contributed by atoms with van der Waals surface area (Å²) < 4.78 is 17.0. The summed E-state index contributed by atoms with van der Waals surface area (Å²) in [5.74, 6) is 1.71. The fourth-order valence-corrected chi connectivity index (χ4v) is 10.4. The van der Waals surface area contributed by atoms with Crippen LogP contribution in [-0.2, 0) is 28.6 Å². The Morgan fingerprint density at radius 3 is 0.589 bits per heavy atom. The van der Waals surface area contributed by atoms with Crippen LogP contribution in [0.3, 0.4) is 0 Å². The Balaban J connectivity index is 4.26. The molecule has 73 heavy (non-hydrogen) atoms. The standard InChI is InChI=1S/C67H130O6/c1-61(2)53-47-41-35-29-23-17-13-9-7-8-10-15-19-26-32-38-44-50-56-65(68)71-59-64(73-67(70)58-52-46-40-34-28-22-21-25-31-37-43-49-55-63(5)6)60-72-66(69)57-51-45-39-33-27-20-16-12-11-14-18-24-30-36-42-48-54-62(3)4/h61-64H,7-60H2,1-6H3/t64-/m1/s1. The van der Waals surface area contributed by atoms with Crippen LogP contribution < -0.4 is 0 Å². The van der Waals surface area contributed by atoms with Crippen molar-refractivity contribution in [1.82, 2.24) is 0 Å². The second kappa shape index (κ2) is 58.1. The van der Waals surface area contributed by atoms with Crippen molar-refractivity contribution in [2.75, 3.05) is 13.2 Å². The van der Waals surface area contributed by atoms with Gasteiger partial charge < -0.3 is 14.2 Å². The molecule has 434 valence electrons. The van der Waals surface area contributed by atoms with Gasteiger partial charge in [-0.2, -0.15) is 0 Å². The highest BCUT2D eigenvalue weighted by Gasteiger charge is 2.19. The topological polar surface area (TPSA) is 78.9 Å². The maximum absolute atomic E-state index is 12.9. The Morgan fingerprint density at radius 2 is 0.397 bits per heavy atom. The fraction of sp³-hybridized carbons (Fsp3) is 0.955. The third kappa shape index (κ3) is 61.1. The molecule has 6 nitrogen and oxygen atoms in total. The summed E-state index contributed by atoms with van der Waals surface area (Å²) in [5, 5.41) is 0. The van der Waals surface area contributed by atoms with E-state index in [1.165, 1.54) is 257 Å². The number of carbonyl (C=O) groups is 3. The molecule has 0 radical (unpaired) electrons. The summed E-state index contributed by atoms with van der Waals surface area (Å²) in [5.41, 5.74) is 0. The molecule has 0 heterocycles. The summed E-state index contributed by atoms with van der Waals surface area (Å²) >= 11 is 0. The van der Waals surface area contributed by atoms with Gasteiger partial charge in [-0.05, 0) is 37.0 Å². The van der Waals surface area contributed by atoms with Crippen molar-refractivity contribution in [3.8, 4) is 0 Å². The predicted molar refractivity (Wildman–Crippen MR) is 316 cm³/mol. The van der Waals surface area contributed by atoms with Gasteiger partial charge >= 0.3 is 17.9 Å². The van der Waals surface area contributed by atoms with Gasteiger partial charge in [-0.25, -0.2) is 0 Å². The normalized spacial score (nSPS) is 12.1. The lowest BCUT2D eigenvalue weighted by molar-refractivity contribution is -0.167. The van der Waals surface area contributed by atoms with E-state index in [4.69, 9.17) is 14.2 Å². The molecule has 0 aliphatic rings. The predicted octanol–water partition coefficient (Wildman–Crippen LogP) is 22.2. The summed E-state index contributed by atoms with van der Waals surface area (Å²) in [6.07, 6.45) is 64.0. The Labute approximate surface area is 457 Å². The first-order chi connectivity index (χ1) is 35.6.